The Morgan fingerprint density at radius 1 is 1.12 bits per heavy atom. The Kier molecular flexibility index (Phi) is 4.14. The Hall–Kier alpha value is -2.82. The van der Waals surface area contributed by atoms with Gasteiger partial charge in [0.1, 0.15) is 5.76 Å². The lowest BCUT2D eigenvalue weighted by Crippen LogP contribution is -2.12. The van der Waals surface area contributed by atoms with Crippen molar-refractivity contribution in [3.05, 3.63) is 53.5 Å². The van der Waals surface area contributed by atoms with E-state index < -0.39 is 0 Å². The first-order chi connectivity index (χ1) is 12.3. The number of methoxy groups -OCH3 is 1. The largest absolute Gasteiger partial charge is 0.493 e. The maximum absolute atomic E-state index is 12.9. The molecule has 1 aliphatic rings. The molecule has 0 unspecified atom stereocenters. The minimum atomic E-state index is -0.147. The second-order valence-corrected chi connectivity index (χ2v) is 6.27. The summed E-state index contributed by atoms with van der Waals surface area (Å²) in [5.74, 6) is 1.52. The lowest BCUT2D eigenvalue weighted by Gasteiger charge is -2.09. The topological polar surface area (TPSA) is 64.4 Å². The summed E-state index contributed by atoms with van der Waals surface area (Å²) < 4.78 is 11.6. The average molecular weight is 336 g/mol. The zero-order chi connectivity index (χ0) is 17.2. The molecule has 25 heavy (non-hydrogen) atoms. The van der Waals surface area contributed by atoms with Crippen LogP contribution in [0.4, 0.5) is 5.69 Å². The number of fused-ring (bicyclic) bond motifs is 3. The van der Waals surface area contributed by atoms with Gasteiger partial charge in [-0.25, -0.2) is 0 Å². The number of amides is 1. The van der Waals surface area contributed by atoms with Crippen molar-refractivity contribution in [2.75, 3.05) is 12.4 Å². The van der Waals surface area contributed by atoms with E-state index >= 15 is 0 Å². The van der Waals surface area contributed by atoms with E-state index in [1.807, 2.05) is 6.07 Å². The standard InChI is InChI=1S/C20H20N2O3/c1-24-17-8-7-15(20(23)22-13-9-11-21-12-10-13)18-14-5-3-2-4-6-16(14)25-19(17)18/h7-12H,2-6H2,1H3,(H,21,22,23). The number of anilines is 1. The van der Waals surface area contributed by atoms with Crippen LogP contribution >= 0.6 is 0 Å². The third-order valence-corrected chi connectivity index (χ3v) is 4.72. The van der Waals surface area contributed by atoms with Crippen LogP contribution in [0.1, 0.15) is 40.9 Å². The molecule has 0 fully saturated rings. The van der Waals surface area contributed by atoms with Crippen molar-refractivity contribution in [3.63, 3.8) is 0 Å². The van der Waals surface area contributed by atoms with Gasteiger partial charge in [0.25, 0.3) is 5.91 Å². The molecular weight excluding hydrogens is 316 g/mol. The van der Waals surface area contributed by atoms with E-state index in [1.54, 1.807) is 37.7 Å². The second-order valence-electron chi connectivity index (χ2n) is 6.27. The third-order valence-electron chi connectivity index (χ3n) is 4.72. The van der Waals surface area contributed by atoms with Crippen LogP contribution in [0.15, 0.2) is 41.1 Å². The third kappa shape index (κ3) is 2.86. The van der Waals surface area contributed by atoms with Gasteiger partial charge in [0.05, 0.1) is 12.7 Å². The summed E-state index contributed by atoms with van der Waals surface area (Å²) in [6.45, 7) is 0. The van der Waals surface area contributed by atoms with E-state index in [4.69, 9.17) is 9.15 Å². The predicted molar refractivity (Wildman–Crippen MR) is 96.2 cm³/mol. The second kappa shape index (κ2) is 6.59. The molecule has 1 aromatic carbocycles. The molecule has 0 saturated carbocycles. The summed E-state index contributed by atoms with van der Waals surface area (Å²) in [7, 11) is 1.62. The van der Waals surface area contributed by atoms with Crippen molar-refractivity contribution in [2.45, 2.75) is 32.1 Å². The zero-order valence-corrected chi connectivity index (χ0v) is 14.2. The summed E-state index contributed by atoms with van der Waals surface area (Å²) in [6, 6.07) is 7.16. The van der Waals surface area contributed by atoms with Crippen molar-refractivity contribution >= 4 is 22.6 Å². The van der Waals surface area contributed by atoms with Gasteiger partial charge in [-0.15, -0.1) is 0 Å². The van der Waals surface area contributed by atoms with Crippen molar-refractivity contribution in [1.29, 1.82) is 0 Å². The van der Waals surface area contributed by atoms with Crippen molar-refractivity contribution in [2.24, 2.45) is 0 Å². The molecule has 2 heterocycles. The quantitative estimate of drug-likeness (QED) is 0.722. The lowest BCUT2D eigenvalue weighted by molar-refractivity contribution is 0.102. The van der Waals surface area contributed by atoms with Gasteiger partial charge in [-0.3, -0.25) is 9.78 Å². The minimum absolute atomic E-state index is 0.147. The number of aromatic nitrogens is 1. The lowest BCUT2D eigenvalue weighted by atomic mass is 10.0. The van der Waals surface area contributed by atoms with Crippen LogP contribution in [0.3, 0.4) is 0 Å². The molecule has 2 aromatic heterocycles. The molecule has 128 valence electrons. The van der Waals surface area contributed by atoms with E-state index in [9.17, 15) is 4.79 Å². The van der Waals surface area contributed by atoms with Gasteiger partial charge in [-0.2, -0.15) is 0 Å². The van der Waals surface area contributed by atoms with E-state index in [-0.39, 0.29) is 5.91 Å². The van der Waals surface area contributed by atoms with Crippen molar-refractivity contribution in [3.8, 4) is 5.75 Å². The Bertz CT molecular complexity index is 916. The van der Waals surface area contributed by atoms with Gasteiger partial charge in [0.15, 0.2) is 11.3 Å². The number of nitrogens with zero attached hydrogens (tertiary/aromatic N) is 1. The molecule has 0 spiro atoms. The molecule has 5 nitrogen and oxygen atoms in total. The van der Waals surface area contributed by atoms with E-state index in [1.165, 1.54) is 6.42 Å². The summed E-state index contributed by atoms with van der Waals surface area (Å²) in [5.41, 5.74) is 3.18. The number of carbonyl (C=O) groups excluding carboxylic acids is 1. The average Bonchev–Trinajstić information content (AvgIpc) is 2.84. The molecule has 1 amide bonds. The van der Waals surface area contributed by atoms with E-state index in [0.717, 1.165) is 48.1 Å². The van der Waals surface area contributed by atoms with E-state index in [2.05, 4.69) is 10.3 Å². The number of hydrogen-bond acceptors (Lipinski definition) is 4. The Morgan fingerprint density at radius 3 is 2.72 bits per heavy atom. The highest BCUT2D eigenvalue weighted by Crippen LogP contribution is 2.38. The summed E-state index contributed by atoms with van der Waals surface area (Å²) in [4.78, 5) is 16.9. The maximum atomic E-state index is 12.9. The Morgan fingerprint density at radius 2 is 1.92 bits per heavy atom. The number of ether oxygens (including phenoxy) is 1. The van der Waals surface area contributed by atoms with Crippen LogP contribution in [0, 0.1) is 0 Å². The van der Waals surface area contributed by atoms with Crippen LogP contribution in [-0.4, -0.2) is 18.0 Å². The number of pyridine rings is 1. The first-order valence-electron chi connectivity index (χ1n) is 8.60. The fraction of sp³-hybridized carbons (Fsp3) is 0.300. The SMILES string of the molecule is COc1ccc(C(=O)Nc2ccncc2)c2c3c(oc12)CCCCC3. The van der Waals surface area contributed by atoms with Crippen molar-refractivity contribution in [1.82, 2.24) is 4.98 Å². The highest BCUT2D eigenvalue weighted by Gasteiger charge is 2.24. The van der Waals surface area contributed by atoms with Gasteiger partial charge in [-0.1, -0.05) is 6.42 Å². The molecule has 0 aliphatic heterocycles. The Labute approximate surface area is 146 Å². The first-order valence-corrected chi connectivity index (χ1v) is 8.60. The van der Waals surface area contributed by atoms with Crippen LogP contribution in [-0.2, 0) is 12.8 Å². The van der Waals surface area contributed by atoms with Gasteiger partial charge in [0.2, 0.25) is 0 Å². The highest BCUT2D eigenvalue weighted by molar-refractivity contribution is 6.14. The summed E-state index contributed by atoms with van der Waals surface area (Å²) >= 11 is 0. The molecule has 0 saturated heterocycles. The fourth-order valence-corrected chi connectivity index (χ4v) is 3.50. The molecule has 1 N–H and O–H groups in total. The smallest absolute Gasteiger partial charge is 0.256 e. The van der Waals surface area contributed by atoms with Gasteiger partial charge >= 0.3 is 0 Å². The molecule has 1 aliphatic carbocycles. The molecule has 4 rings (SSSR count). The van der Waals surface area contributed by atoms with Crippen LogP contribution in [0.5, 0.6) is 5.75 Å². The molecular formula is C20H20N2O3. The first kappa shape index (κ1) is 15.7. The normalized spacial score (nSPS) is 14.0. The summed E-state index contributed by atoms with van der Waals surface area (Å²) in [6.07, 6.45) is 8.59. The number of benzene rings is 1. The molecule has 0 radical (unpaired) electrons. The Balaban J connectivity index is 1.83. The number of hydrogen-bond donors (Lipinski definition) is 1. The van der Waals surface area contributed by atoms with Crippen molar-refractivity contribution < 1.29 is 13.9 Å². The number of aryl methyl sites for hydroxylation is 2. The summed E-state index contributed by atoms with van der Waals surface area (Å²) in [5, 5.41) is 3.83. The van der Waals surface area contributed by atoms with E-state index in [0.29, 0.717) is 16.9 Å². The van der Waals surface area contributed by atoms with Crippen LogP contribution in [0.2, 0.25) is 0 Å². The molecule has 0 bridgehead atoms. The number of carbonyl (C=O) groups is 1. The van der Waals surface area contributed by atoms with Crippen LogP contribution < -0.4 is 10.1 Å². The van der Waals surface area contributed by atoms with Gasteiger partial charge < -0.3 is 14.5 Å². The molecule has 3 aromatic rings. The monoisotopic (exact) mass is 336 g/mol. The predicted octanol–water partition coefficient (Wildman–Crippen LogP) is 4.36. The maximum Gasteiger partial charge on any atom is 0.256 e. The minimum Gasteiger partial charge on any atom is -0.493 e. The number of furan rings is 1. The molecule has 5 heteroatoms. The van der Waals surface area contributed by atoms with Gasteiger partial charge in [-0.05, 0) is 43.5 Å². The highest BCUT2D eigenvalue weighted by atomic mass is 16.5. The fourth-order valence-electron chi connectivity index (χ4n) is 3.50. The zero-order valence-electron chi connectivity index (χ0n) is 14.2. The van der Waals surface area contributed by atoms with Crippen LogP contribution in [0.25, 0.3) is 11.0 Å². The number of nitrogens with one attached hydrogen (secondary N) is 1. The molecule has 0 atom stereocenters. The van der Waals surface area contributed by atoms with Gasteiger partial charge in [0, 0.05) is 35.5 Å². The number of rotatable bonds is 3.